The Balaban J connectivity index is 2.42. The van der Waals surface area contributed by atoms with Crippen LogP contribution < -0.4 is 11.2 Å². The van der Waals surface area contributed by atoms with Crippen LogP contribution in [0.15, 0.2) is 15.8 Å². The molecule has 1 unspecified atom stereocenters. The first-order valence-electron chi connectivity index (χ1n) is 5.36. The zero-order chi connectivity index (χ0) is 13.4. The standard InChI is InChI=1S/C10H13IN2O5/c1-4-2-13(10(17)12-8(4)16)9-6(11)7(15)5(3-14)18-9/h2,5-7,9,14-15H,3H2,1H3,(H,12,16,17)/t5-,6-,7-,9?/m1/s1. The number of aliphatic hydroxyl groups excluding tert-OH is 2. The van der Waals surface area contributed by atoms with Gasteiger partial charge in [0.1, 0.15) is 6.10 Å². The average molecular weight is 368 g/mol. The number of halogens is 1. The zero-order valence-corrected chi connectivity index (χ0v) is 11.7. The SMILES string of the molecule is Cc1cn(C2O[C@H](CO)[C@@H](O)[C@H]2I)c(=O)[nH]c1=O. The van der Waals surface area contributed by atoms with Crippen LogP contribution in [0.25, 0.3) is 0 Å². The van der Waals surface area contributed by atoms with E-state index in [9.17, 15) is 14.7 Å². The number of hydrogen-bond donors (Lipinski definition) is 3. The number of aryl methyl sites for hydroxylation is 1. The van der Waals surface area contributed by atoms with Crippen LogP contribution in [0.1, 0.15) is 11.8 Å². The summed E-state index contributed by atoms with van der Waals surface area (Å²) < 4.78 is 6.27. The Morgan fingerprint density at radius 3 is 2.78 bits per heavy atom. The van der Waals surface area contributed by atoms with E-state index in [0.717, 1.165) is 0 Å². The summed E-state index contributed by atoms with van der Waals surface area (Å²) in [6.45, 7) is 1.25. The molecule has 1 aromatic heterocycles. The lowest BCUT2D eigenvalue weighted by atomic mass is 10.2. The van der Waals surface area contributed by atoms with E-state index < -0.39 is 29.7 Å². The fraction of sp³-hybridized carbons (Fsp3) is 0.600. The van der Waals surface area contributed by atoms with Gasteiger partial charge in [0.05, 0.1) is 16.6 Å². The summed E-state index contributed by atoms with van der Waals surface area (Å²) >= 11 is 1.96. The van der Waals surface area contributed by atoms with E-state index in [1.54, 1.807) is 6.92 Å². The molecule has 18 heavy (non-hydrogen) atoms. The van der Waals surface area contributed by atoms with Gasteiger partial charge in [0, 0.05) is 11.8 Å². The Labute approximate surface area is 116 Å². The van der Waals surface area contributed by atoms with Gasteiger partial charge >= 0.3 is 5.69 Å². The molecule has 0 bridgehead atoms. The quantitative estimate of drug-likeness (QED) is 0.454. The van der Waals surface area contributed by atoms with E-state index in [1.165, 1.54) is 10.8 Å². The van der Waals surface area contributed by atoms with Crippen molar-refractivity contribution in [1.82, 2.24) is 9.55 Å². The molecule has 7 nitrogen and oxygen atoms in total. The highest BCUT2D eigenvalue weighted by Crippen LogP contribution is 2.33. The number of H-pyrrole nitrogens is 1. The second kappa shape index (κ2) is 5.11. The first-order chi connectivity index (χ1) is 8.45. The largest absolute Gasteiger partial charge is 0.394 e. The van der Waals surface area contributed by atoms with Crippen molar-refractivity contribution in [2.75, 3.05) is 6.61 Å². The third-order valence-corrected chi connectivity index (χ3v) is 4.25. The molecule has 0 radical (unpaired) electrons. The number of aromatic nitrogens is 2. The molecule has 1 aromatic rings. The molecular formula is C10H13IN2O5. The molecule has 8 heteroatoms. The van der Waals surface area contributed by atoms with E-state index in [-0.39, 0.29) is 10.5 Å². The van der Waals surface area contributed by atoms with E-state index in [1.807, 2.05) is 22.6 Å². The number of aromatic amines is 1. The highest BCUT2D eigenvalue weighted by molar-refractivity contribution is 14.1. The van der Waals surface area contributed by atoms with Crippen LogP contribution >= 0.6 is 22.6 Å². The molecule has 2 rings (SSSR count). The predicted octanol–water partition coefficient (Wildman–Crippen LogP) is -1.10. The molecule has 1 saturated heterocycles. The van der Waals surface area contributed by atoms with Crippen LogP contribution in [0.4, 0.5) is 0 Å². The lowest BCUT2D eigenvalue weighted by molar-refractivity contribution is -0.0456. The molecule has 0 aromatic carbocycles. The van der Waals surface area contributed by atoms with Crippen molar-refractivity contribution in [3.63, 3.8) is 0 Å². The third-order valence-electron chi connectivity index (χ3n) is 2.89. The minimum Gasteiger partial charge on any atom is -0.394 e. The summed E-state index contributed by atoms with van der Waals surface area (Å²) in [6.07, 6.45) is -0.902. The van der Waals surface area contributed by atoms with Gasteiger partial charge in [0.2, 0.25) is 0 Å². The van der Waals surface area contributed by atoms with Crippen LogP contribution in [-0.2, 0) is 4.74 Å². The van der Waals surface area contributed by atoms with Crippen LogP contribution in [0.2, 0.25) is 0 Å². The van der Waals surface area contributed by atoms with Gasteiger partial charge in [-0.25, -0.2) is 4.79 Å². The third kappa shape index (κ3) is 2.25. The van der Waals surface area contributed by atoms with Crippen molar-refractivity contribution in [2.24, 2.45) is 0 Å². The van der Waals surface area contributed by atoms with Crippen LogP contribution in [-0.4, -0.2) is 42.5 Å². The number of alkyl halides is 1. The van der Waals surface area contributed by atoms with Gasteiger partial charge in [0.15, 0.2) is 6.23 Å². The Morgan fingerprint density at radius 1 is 1.56 bits per heavy atom. The first kappa shape index (κ1) is 13.7. The van der Waals surface area contributed by atoms with Gasteiger partial charge in [-0.05, 0) is 6.92 Å². The molecule has 1 fully saturated rings. The first-order valence-corrected chi connectivity index (χ1v) is 6.60. The van der Waals surface area contributed by atoms with Crippen molar-refractivity contribution in [1.29, 1.82) is 0 Å². The van der Waals surface area contributed by atoms with Crippen LogP contribution in [0, 0.1) is 6.92 Å². The molecule has 3 N–H and O–H groups in total. The summed E-state index contributed by atoms with van der Waals surface area (Å²) in [6, 6.07) is 0. The van der Waals surface area contributed by atoms with Gasteiger partial charge in [-0.1, -0.05) is 22.6 Å². The van der Waals surface area contributed by atoms with Crippen molar-refractivity contribution >= 4 is 22.6 Å². The molecule has 2 heterocycles. The minimum atomic E-state index is -0.861. The molecule has 0 amide bonds. The number of nitrogens with zero attached hydrogens (tertiary/aromatic N) is 1. The Morgan fingerprint density at radius 2 is 2.22 bits per heavy atom. The highest BCUT2D eigenvalue weighted by atomic mass is 127. The van der Waals surface area contributed by atoms with Crippen LogP contribution in [0.5, 0.6) is 0 Å². The normalized spacial score (nSPS) is 31.8. The Hall–Kier alpha value is -0.710. The number of hydrogen-bond acceptors (Lipinski definition) is 5. The molecule has 100 valence electrons. The Kier molecular flexibility index (Phi) is 3.90. The van der Waals surface area contributed by atoms with E-state index in [2.05, 4.69) is 4.98 Å². The van der Waals surface area contributed by atoms with Crippen molar-refractivity contribution in [2.45, 2.75) is 29.3 Å². The van der Waals surface area contributed by atoms with Crippen molar-refractivity contribution in [3.05, 3.63) is 32.6 Å². The number of nitrogens with one attached hydrogen (secondary N) is 1. The highest BCUT2D eigenvalue weighted by Gasteiger charge is 2.43. The van der Waals surface area contributed by atoms with Crippen molar-refractivity contribution in [3.8, 4) is 0 Å². The lowest BCUT2D eigenvalue weighted by Gasteiger charge is -2.17. The smallest absolute Gasteiger partial charge is 0.330 e. The summed E-state index contributed by atoms with van der Waals surface area (Å²) in [5.74, 6) is 0. The fourth-order valence-corrected chi connectivity index (χ4v) is 2.83. The maximum atomic E-state index is 11.7. The van der Waals surface area contributed by atoms with Gasteiger partial charge in [-0.2, -0.15) is 0 Å². The molecule has 0 spiro atoms. The maximum absolute atomic E-state index is 11.7. The molecule has 1 aliphatic heterocycles. The molecule has 4 atom stereocenters. The average Bonchev–Trinajstić information content (AvgIpc) is 2.61. The summed E-state index contributed by atoms with van der Waals surface area (Å²) in [5, 5.41) is 18.9. The van der Waals surface area contributed by atoms with Gasteiger partial charge < -0.3 is 14.9 Å². The topological polar surface area (TPSA) is 105 Å². The van der Waals surface area contributed by atoms with Crippen molar-refractivity contribution < 1.29 is 14.9 Å². The monoisotopic (exact) mass is 368 g/mol. The summed E-state index contributed by atoms with van der Waals surface area (Å²) in [5.41, 5.74) is -0.662. The van der Waals surface area contributed by atoms with Gasteiger partial charge in [-0.3, -0.25) is 14.3 Å². The lowest BCUT2D eigenvalue weighted by Crippen LogP contribution is -2.36. The predicted molar refractivity (Wildman–Crippen MR) is 70.9 cm³/mol. The minimum absolute atomic E-state index is 0.325. The van der Waals surface area contributed by atoms with Gasteiger partial charge in [-0.15, -0.1) is 0 Å². The Bertz CT molecular complexity index is 554. The molecule has 0 saturated carbocycles. The van der Waals surface area contributed by atoms with Gasteiger partial charge in [0.25, 0.3) is 5.56 Å². The summed E-state index contributed by atoms with van der Waals surface area (Å²) in [4.78, 5) is 25.2. The molecule has 1 aliphatic rings. The number of aliphatic hydroxyl groups is 2. The zero-order valence-electron chi connectivity index (χ0n) is 9.54. The second-order valence-corrected chi connectivity index (χ2v) is 5.60. The van der Waals surface area contributed by atoms with E-state index in [4.69, 9.17) is 9.84 Å². The van der Waals surface area contributed by atoms with E-state index in [0.29, 0.717) is 5.56 Å². The number of ether oxygens (including phenoxy) is 1. The maximum Gasteiger partial charge on any atom is 0.330 e. The fourth-order valence-electron chi connectivity index (χ4n) is 1.85. The number of rotatable bonds is 2. The second-order valence-electron chi connectivity index (χ2n) is 4.16. The van der Waals surface area contributed by atoms with E-state index >= 15 is 0 Å². The molecule has 0 aliphatic carbocycles. The summed E-state index contributed by atoms with van der Waals surface area (Å²) in [7, 11) is 0. The van der Waals surface area contributed by atoms with Crippen LogP contribution in [0.3, 0.4) is 0 Å². The molecular weight excluding hydrogens is 355 g/mol.